The minimum absolute atomic E-state index is 0. The van der Waals surface area contributed by atoms with Crippen molar-refractivity contribution in [2.45, 2.75) is 6.42 Å². The summed E-state index contributed by atoms with van der Waals surface area (Å²) in [7, 11) is 1.79. The molecule has 0 aromatic carbocycles. The van der Waals surface area contributed by atoms with E-state index in [-0.39, 0.29) is 24.0 Å². The van der Waals surface area contributed by atoms with E-state index in [1.54, 1.807) is 25.6 Å². The van der Waals surface area contributed by atoms with Crippen molar-refractivity contribution in [1.29, 1.82) is 0 Å². The van der Waals surface area contributed by atoms with E-state index in [0.717, 1.165) is 69.7 Å². The van der Waals surface area contributed by atoms with Crippen molar-refractivity contribution in [3.63, 3.8) is 0 Å². The van der Waals surface area contributed by atoms with Gasteiger partial charge in [0.15, 0.2) is 5.96 Å². The van der Waals surface area contributed by atoms with Crippen LogP contribution in [0.2, 0.25) is 5.15 Å². The van der Waals surface area contributed by atoms with Crippen molar-refractivity contribution in [3.05, 3.63) is 47.5 Å². The van der Waals surface area contributed by atoms with Gasteiger partial charge < -0.3 is 15.5 Å². The first-order valence-corrected chi connectivity index (χ1v) is 9.91. The Hall–Kier alpha value is -1.72. The minimum Gasteiger partial charge on any atom is -0.356 e. The van der Waals surface area contributed by atoms with Crippen molar-refractivity contribution in [2.24, 2.45) is 4.99 Å². The quantitative estimate of drug-likeness (QED) is 0.244. The molecule has 0 unspecified atom stereocenters. The lowest BCUT2D eigenvalue weighted by Gasteiger charge is -2.34. The molecule has 8 nitrogen and oxygen atoms in total. The molecule has 0 atom stereocenters. The van der Waals surface area contributed by atoms with Crippen LogP contribution >= 0.6 is 35.6 Å². The third-order valence-corrected chi connectivity index (χ3v) is 4.87. The Labute approximate surface area is 194 Å². The molecule has 0 spiro atoms. The zero-order valence-electron chi connectivity index (χ0n) is 16.6. The summed E-state index contributed by atoms with van der Waals surface area (Å²) in [6, 6.07) is 5.65. The summed E-state index contributed by atoms with van der Waals surface area (Å²) in [5, 5.41) is 7.23. The SMILES string of the molecule is CN=C(NCCc1ccc(Cl)nc1)NCCN1CCN(c2ncccn2)CC1.I. The number of anilines is 1. The largest absolute Gasteiger partial charge is 0.356 e. The summed E-state index contributed by atoms with van der Waals surface area (Å²) in [5.74, 6) is 1.64. The van der Waals surface area contributed by atoms with Crippen molar-refractivity contribution in [3.8, 4) is 0 Å². The van der Waals surface area contributed by atoms with Crippen LogP contribution in [0.4, 0.5) is 5.95 Å². The summed E-state index contributed by atoms with van der Waals surface area (Å²) >= 11 is 5.81. The Kier molecular flexibility index (Phi) is 10.4. The third kappa shape index (κ3) is 7.90. The third-order valence-electron chi connectivity index (χ3n) is 4.65. The number of pyridine rings is 1. The van der Waals surface area contributed by atoms with Gasteiger partial charge in [0.05, 0.1) is 0 Å². The first-order chi connectivity index (χ1) is 13.7. The van der Waals surface area contributed by atoms with Gasteiger partial charge in [0.1, 0.15) is 5.15 Å². The normalized spacial score (nSPS) is 15.0. The second-order valence-corrected chi connectivity index (χ2v) is 6.93. The van der Waals surface area contributed by atoms with E-state index in [9.17, 15) is 0 Å². The van der Waals surface area contributed by atoms with Crippen LogP contribution in [-0.2, 0) is 6.42 Å². The molecular formula is C19H28ClIN8. The molecule has 158 valence electrons. The predicted molar refractivity (Wildman–Crippen MR) is 128 cm³/mol. The zero-order valence-corrected chi connectivity index (χ0v) is 19.7. The lowest BCUT2D eigenvalue weighted by Crippen LogP contribution is -2.49. The average Bonchev–Trinajstić information content (AvgIpc) is 2.75. The molecule has 10 heteroatoms. The summed E-state index contributed by atoms with van der Waals surface area (Å²) in [5.41, 5.74) is 1.15. The highest BCUT2D eigenvalue weighted by atomic mass is 127. The highest BCUT2D eigenvalue weighted by Crippen LogP contribution is 2.09. The molecule has 0 bridgehead atoms. The van der Waals surface area contributed by atoms with Crippen molar-refractivity contribution >= 4 is 47.5 Å². The molecule has 3 heterocycles. The van der Waals surface area contributed by atoms with Gasteiger partial charge in [-0.1, -0.05) is 17.7 Å². The lowest BCUT2D eigenvalue weighted by molar-refractivity contribution is 0.260. The maximum absolute atomic E-state index is 5.81. The van der Waals surface area contributed by atoms with E-state index >= 15 is 0 Å². The zero-order chi connectivity index (χ0) is 19.6. The number of nitrogens with zero attached hydrogens (tertiary/aromatic N) is 6. The van der Waals surface area contributed by atoms with Crippen LogP contribution in [-0.4, -0.2) is 78.7 Å². The number of rotatable bonds is 7. The molecule has 0 amide bonds. The summed E-state index contributed by atoms with van der Waals surface area (Å²) in [6.07, 6.45) is 6.26. The van der Waals surface area contributed by atoms with E-state index in [1.165, 1.54) is 0 Å². The topological polar surface area (TPSA) is 81.6 Å². The van der Waals surface area contributed by atoms with Gasteiger partial charge in [-0.25, -0.2) is 15.0 Å². The van der Waals surface area contributed by atoms with Crippen molar-refractivity contribution < 1.29 is 0 Å². The van der Waals surface area contributed by atoms with E-state index in [2.05, 4.69) is 40.4 Å². The molecule has 2 aromatic rings. The molecular weight excluding hydrogens is 503 g/mol. The first kappa shape index (κ1) is 23.6. The monoisotopic (exact) mass is 530 g/mol. The smallest absolute Gasteiger partial charge is 0.225 e. The standard InChI is InChI=1S/C19H27ClN8.HI/c1-21-18(22-8-5-16-3-4-17(20)26-15-16)23-9-10-27-11-13-28(14-12-27)19-24-6-2-7-25-19;/h2-4,6-7,15H,5,8-14H2,1H3,(H2,21,22,23);1H. The Morgan fingerprint density at radius 1 is 1.07 bits per heavy atom. The number of piperazine rings is 1. The number of aliphatic imine (C=N–C) groups is 1. The fraction of sp³-hybridized carbons (Fsp3) is 0.474. The van der Waals surface area contributed by atoms with E-state index in [1.807, 2.05) is 18.2 Å². The van der Waals surface area contributed by atoms with Gasteiger partial charge in [-0.2, -0.15) is 0 Å². The molecule has 0 aliphatic carbocycles. The number of nitrogens with one attached hydrogen (secondary N) is 2. The molecule has 0 radical (unpaired) electrons. The lowest BCUT2D eigenvalue weighted by atomic mass is 10.2. The van der Waals surface area contributed by atoms with Crippen LogP contribution in [0.3, 0.4) is 0 Å². The second kappa shape index (κ2) is 12.8. The molecule has 1 aliphatic heterocycles. The number of aromatic nitrogens is 3. The Morgan fingerprint density at radius 2 is 1.79 bits per heavy atom. The molecule has 1 fully saturated rings. The number of hydrogen-bond donors (Lipinski definition) is 2. The van der Waals surface area contributed by atoms with Crippen molar-refractivity contribution in [2.75, 3.05) is 57.8 Å². The van der Waals surface area contributed by atoms with Gasteiger partial charge in [-0.3, -0.25) is 9.89 Å². The molecule has 2 aromatic heterocycles. The Bertz CT molecular complexity index is 736. The van der Waals surface area contributed by atoms with E-state index in [4.69, 9.17) is 11.6 Å². The van der Waals surface area contributed by atoms with Crippen LogP contribution in [0, 0.1) is 0 Å². The summed E-state index contributed by atoms with van der Waals surface area (Å²) in [4.78, 5) is 21.7. The minimum atomic E-state index is 0. The number of guanidine groups is 1. The molecule has 2 N–H and O–H groups in total. The van der Waals surface area contributed by atoms with Crippen LogP contribution < -0.4 is 15.5 Å². The van der Waals surface area contributed by atoms with Gasteiger partial charge in [-0.15, -0.1) is 24.0 Å². The van der Waals surface area contributed by atoms with Crippen LogP contribution in [0.5, 0.6) is 0 Å². The Balaban J connectivity index is 0.00000300. The van der Waals surface area contributed by atoms with E-state index < -0.39 is 0 Å². The van der Waals surface area contributed by atoms with Crippen LogP contribution in [0.25, 0.3) is 0 Å². The van der Waals surface area contributed by atoms with Gasteiger partial charge in [-0.05, 0) is 24.1 Å². The van der Waals surface area contributed by atoms with Crippen molar-refractivity contribution in [1.82, 2.24) is 30.5 Å². The molecule has 1 aliphatic rings. The summed E-state index contributed by atoms with van der Waals surface area (Å²) < 4.78 is 0. The fourth-order valence-electron chi connectivity index (χ4n) is 3.06. The van der Waals surface area contributed by atoms with Gasteiger partial charge in [0.2, 0.25) is 5.95 Å². The van der Waals surface area contributed by atoms with Gasteiger partial charge in [0, 0.05) is 71.5 Å². The van der Waals surface area contributed by atoms with Gasteiger partial charge >= 0.3 is 0 Å². The molecule has 29 heavy (non-hydrogen) atoms. The van der Waals surface area contributed by atoms with Crippen LogP contribution in [0.1, 0.15) is 5.56 Å². The fourth-order valence-corrected chi connectivity index (χ4v) is 3.17. The highest BCUT2D eigenvalue weighted by molar-refractivity contribution is 14.0. The number of hydrogen-bond acceptors (Lipinski definition) is 6. The van der Waals surface area contributed by atoms with Gasteiger partial charge in [0.25, 0.3) is 0 Å². The number of halogens is 2. The second-order valence-electron chi connectivity index (χ2n) is 6.54. The van der Waals surface area contributed by atoms with Crippen LogP contribution in [0.15, 0.2) is 41.8 Å². The maximum atomic E-state index is 5.81. The first-order valence-electron chi connectivity index (χ1n) is 9.54. The molecule has 3 rings (SSSR count). The molecule has 1 saturated heterocycles. The molecule has 0 saturated carbocycles. The maximum Gasteiger partial charge on any atom is 0.225 e. The predicted octanol–water partition coefficient (Wildman–Crippen LogP) is 1.67. The summed E-state index contributed by atoms with van der Waals surface area (Å²) in [6.45, 7) is 6.54. The highest BCUT2D eigenvalue weighted by Gasteiger charge is 2.18. The van der Waals surface area contributed by atoms with E-state index in [0.29, 0.717) is 5.15 Å². The Morgan fingerprint density at radius 3 is 2.45 bits per heavy atom. The average molecular weight is 531 g/mol.